The summed E-state index contributed by atoms with van der Waals surface area (Å²) in [6.45, 7) is 5.84. The topological polar surface area (TPSA) is 197 Å². The van der Waals surface area contributed by atoms with Crippen molar-refractivity contribution in [3.63, 3.8) is 0 Å². The van der Waals surface area contributed by atoms with Gasteiger partial charge in [-0.2, -0.15) is 0 Å². The van der Waals surface area contributed by atoms with E-state index in [0.29, 0.717) is 33.4 Å². The SMILES string of the molecule is Cc1ccc(S(=O)(=O)N(CCCn2ccc(=O)[nH]c2=O)c2ccc3c(c2)nc(C)c2cc(N(CCCn4ccc(=O)[nH]c4=O)S(=O)(=O)c4ccc(C)cc4)ccc23)cc1. The second kappa shape index (κ2) is 16.3. The zero-order valence-corrected chi connectivity index (χ0v) is 34.1. The molecule has 7 rings (SSSR count). The molecule has 0 bridgehead atoms. The normalized spacial score (nSPS) is 11.9. The minimum Gasteiger partial charge on any atom is -0.301 e. The number of sulfonamides is 2. The fourth-order valence-corrected chi connectivity index (χ4v) is 9.91. The summed E-state index contributed by atoms with van der Waals surface area (Å²) in [5, 5.41) is 2.15. The van der Waals surface area contributed by atoms with Gasteiger partial charge in [-0.15, -0.1) is 0 Å². The zero-order chi connectivity index (χ0) is 42.1. The monoisotopic (exact) mass is 835 g/mol. The molecular formula is C42H41N7O8S2. The first-order valence-corrected chi connectivity index (χ1v) is 21.6. The van der Waals surface area contributed by atoms with Crippen LogP contribution in [-0.2, 0) is 33.1 Å². The van der Waals surface area contributed by atoms with E-state index >= 15 is 0 Å². The second-order valence-electron chi connectivity index (χ2n) is 14.2. The van der Waals surface area contributed by atoms with E-state index in [1.807, 2.05) is 19.9 Å². The number of nitrogens with one attached hydrogen (secondary N) is 2. The van der Waals surface area contributed by atoms with Crippen molar-refractivity contribution >= 4 is 53.1 Å². The Labute approximate surface area is 339 Å². The van der Waals surface area contributed by atoms with Crippen LogP contribution in [0.15, 0.2) is 138 Å². The third kappa shape index (κ3) is 8.51. The summed E-state index contributed by atoms with van der Waals surface area (Å²) >= 11 is 0. The molecular weight excluding hydrogens is 795 g/mol. The van der Waals surface area contributed by atoms with Crippen molar-refractivity contribution in [1.82, 2.24) is 24.1 Å². The number of H-pyrrole nitrogens is 2. The molecule has 0 unspecified atom stereocenters. The fourth-order valence-electron chi connectivity index (χ4n) is 6.92. The predicted octanol–water partition coefficient (Wildman–Crippen LogP) is 4.58. The van der Waals surface area contributed by atoms with Crippen LogP contribution in [0, 0.1) is 20.8 Å². The number of rotatable bonds is 14. The van der Waals surface area contributed by atoms with Crippen LogP contribution in [0.1, 0.15) is 29.7 Å². The Bertz CT molecular complexity index is 3180. The summed E-state index contributed by atoms with van der Waals surface area (Å²) in [5.41, 5.74) is 1.37. The summed E-state index contributed by atoms with van der Waals surface area (Å²) < 4.78 is 62.1. The number of hydrogen-bond donors (Lipinski definition) is 2. The Kier molecular flexibility index (Phi) is 11.2. The Morgan fingerprint density at radius 2 is 0.983 bits per heavy atom. The molecule has 59 heavy (non-hydrogen) atoms. The molecule has 0 saturated heterocycles. The predicted molar refractivity (Wildman–Crippen MR) is 227 cm³/mol. The van der Waals surface area contributed by atoms with Gasteiger partial charge in [-0.1, -0.05) is 47.5 Å². The Morgan fingerprint density at radius 3 is 1.44 bits per heavy atom. The quantitative estimate of drug-likeness (QED) is 0.147. The molecule has 3 aromatic heterocycles. The van der Waals surface area contributed by atoms with Crippen LogP contribution in [0.3, 0.4) is 0 Å². The van der Waals surface area contributed by atoms with Crippen molar-refractivity contribution in [2.75, 3.05) is 21.7 Å². The third-order valence-electron chi connectivity index (χ3n) is 10.1. The molecule has 0 atom stereocenters. The molecule has 0 saturated carbocycles. The van der Waals surface area contributed by atoms with Crippen molar-refractivity contribution in [3.8, 4) is 0 Å². The van der Waals surface area contributed by atoms with E-state index in [2.05, 4.69) is 9.97 Å². The number of anilines is 2. The average Bonchev–Trinajstić information content (AvgIpc) is 3.19. The van der Waals surface area contributed by atoms with Crippen molar-refractivity contribution in [1.29, 1.82) is 0 Å². The Hall–Kier alpha value is -6.59. The number of nitrogens with zero attached hydrogens (tertiary/aromatic N) is 5. The van der Waals surface area contributed by atoms with Crippen molar-refractivity contribution in [3.05, 3.63) is 168 Å². The highest BCUT2D eigenvalue weighted by Gasteiger charge is 2.27. The summed E-state index contributed by atoms with van der Waals surface area (Å²) in [6, 6.07) is 26.0. The van der Waals surface area contributed by atoms with Crippen LogP contribution in [0.5, 0.6) is 0 Å². The van der Waals surface area contributed by atoms with Crippen LogP contribution in [0.25, 0.3) is 21.7 Å². The summed E-state index contributed by atoms with van der Waals surface area (Å²) in [4.78, 5) is 57.3. The summed E-state index contributed by atoms with van der Waals surface area (Å²) in [5.74, 6) is 0. The molecule has 0 aliphatic rings. The van der Waals surface area contributed by atoms with E-state index in [4.69, 9.17) is 4.98 Å². The highest BCUT2D eigenvalue weighted by molar-refractivity contribution is 7.93. The first kappa shape index (κ1) is 40.6. The lowest BCUT2D eigenvalue weighted by Gasteiger charge is -2.26. The first-order chi connectivity index (χ1) is 28.1. The largest absolute Gasteiger partial charge is 0.328 e. The number of aromatic amines is 2. The highest BCUT2D eigenvalue weighted by Crippen LogP contribution is 2.35. The van der Waals surface area contributed by atoms with Gasteiger partial charge in [0, 0.05) is 67.2 Å². The van der Waals surface area contributed by atoms with Gasteiger partial charge in [-0.3, -0.25) is 33.2 Å². The fraction of sp³-hybridized carbons (Fsp3) is 0.214. The maximum Gasteiger partial charge on any atom is 0.328 e. The zero-order valence-electron chi connectivity index (χ0n) is 32.5. The molecule has 7 aromatic rings. The third-order valence-corrected chi connectivity index (χ3v) is 13.7. The molecule has 2 N–H and O–H groups in total. The van der Waals surface area contributed by atoms with Gasteiger partial charge in [0.05, 0.1) is 26.7 Å². The minimum atomic E-state index is -4.08. The van der Waals surface area contributed by atoms with E-state index in [9.17, 15) is 36.0 Å². The van der Waals surface area contributed by atoms with Gasteiger partial charge in [0.2, 0.25) is 0 Å². The van der Waals surface area contributed by atoms with E-state index in [0.717, 1.165) is 16.5 Å². The molecule has 3 heterocycles. The number of aromatic nitrogens is 5. The molecule has 0 aliphatic carbocycles. The van der Waals surface area contributed by atoms with Gasteiger partial charge < -0.3 is 9.13 Å². The van der Waals surface area contributed by atoms with Crippen molar-refractivity contribution < 1.29 is 16.8 Å². The van der Waals surface area contributed by atoms with Gasteiger partial charge in [-0.25, -0.2) is 26.4 Å². The van der Waals surface area contributed by atoms with Gasteiger partial charge >= 0.3 is 11.4 Å². The number of pyridine rings is 1. The molecule has 15 nitrogen and oxygen atoms in total. The summed E-state index contributed by atoms with van der Waals surface area (Å²) in [6.07, 6.45) is 3.23. The van der Waals surface area contributed by atoms with Crippen LogP contribution < -0.4 is 31.1 Å². The molecule has 304 valence electrons. The van der Waals surface area contributed by atoms with Crippen LogP contribution in [0.2, 0.25) is 0 Å². The van der Waals surface area contributed by atoms with Gasteiger partial charge in [0.1, 0.15) is 0 Å². The number of benzene rings is 4. The summed E-state index contributed by atoms with van der Waals surface area (Å²) in [7, 11) is -8.16. The van der Waals surface area contributed by atoms with Gasteiger partial charge in [0.15, 0.2) is 0 Å². The van der Waals surface area contributed by atoms with Gasteiger partial charge in [-0.05, 0) is 87.5 Å². The minimum absolute atomic E-state index is 0.00530. The first-order valence-electron chi connectivity index (χ1n) is 18.7. The van der Waals surface area contributed by atoms with E-state index in [1.165, 1.54) is 42.3 Å². The van der Waals surface area contributed by atoms with Crippen molar-refractivity contribution in [2.24, 2.45) is 0 Å². The molecule has 0 amide bonds. The smallest absolute Gasteiger partial charge is 0.301 e. The number of hydrogen-bond acceptors (Lipinski definition) is 9. The maximum atomic E-state index is 14.2. The van der Waals surface area contributed by atoms with Crippen LogP contribution in [-0.4, -0.2) is 54.0 Å². The molecule has 0 aliphatic heterocycles. The van der Waals surface area contributed by atoms with Gasteiger partial charge in [0.25, 0.3) is 31.2 Å². The maximum absolute atomic E-state index is 14.2. The van der Waals surface area contributed by atoms with E-state index in [1.54, 1.807) is 85.8 Å². The standard InChI is InChI=1S/C42H41N7O8S2/c1-28-6-12-33(13-7-28)58(54,55)48(22-4-20-46-24-18-39(50)44-41(46)52)31-10-16-35-36-17-11-32(27-38(36)43-30(3)37(35)26-31)49(59(56,57)34-14-8-29(2)9-15-34)23-5-21-47-25-19-40(51)45-42(47)53/h6-19,24-27H,4-5,20-23H2,1-3H3,(H,44,50,52)(H,45,51,53). The van der Waals surface area contributed by atoms with Crippen LogP contribution >= 0.6 is 0 Å². The molecule has 0 spiro atoms. The molecule has 4 aromatic carbocycles. The van der Waals surface area contributed by atoms with E-state index in [-0.39, 0.29) is 48.8 Å². The molecule has 0 radical (unpaired) electrons. The average molecular weight is 836 g/mol. The lowest BCUT2D eigenvalue weighted by atomic mass is 10.0. The van der Waals surface area contributed by atoms with E-state index < -0.39 is 42.5 Å². The molecule has 0 fully saturated rings. The highest BCUT2D eigenvalue weighted by atomic mass is 32.2. The molecule has 17 heteroatoms. The second-order valence-corrected chi connectivity index (χ2v) is 17.9. The lowest BCUT2D eigenvalue weighted by molar-refractivity contribution is 0.576. The Balaban J connectivity index is 1.26. The number of fused-ring (bicyclic) bond motifs is 3. The number of aryl methyl sites for hydroxylation is 5. The van der Waals surface area contributed by atoms with Crippen molar-refractivity contribution in [2.45, 2.75) is 56.5 Å². The Morgan fingerprint density at radius 1 is 0.542 bits per heavy atom. The lowest BCUT2D eigenvalue weighted by Crippen LogP contribution is -2.34. The van der Waals surface area contributed by atoms with Crippen LogP contribution in [0.4, 0.5) is 11.4 Å².